The molecule has 2 aromatic carbocycles. The number of ether oxygens (including phenoxy) is 1. The zero-order chi connectivity index (χ0) is 16.1. The predicted molar refractivity (Wildman–Crippen MR) is 91.3 cm³/mol. The van der Waals surface area contributed by atoms with Crippen molar-refractivity contribution >= 4 is 17.5 Å². The van der Waals surface area contributed by atoms with E-state index < -0.39 is 0 Å². The molecule has 0 aliphatic carbocycles. The summed E-state index contributed by atoms with van der Waals surface area (Å²) in [6, 6.07) is 15.5. The molecule has 0 spiro atoms. The highest BCUT2D eigenvalue weighted by atomic mass is 35.5. The fourth-order valence-corrected chi connectivity index (χ4v) is 2.75. The zero-order valence-corrected chi connectivity index (χ0v) is 13.5. The Balaban J connectivity index is 1.70. The first-order valence-electron chi connectivity index (χ1n) is 7.67. The van der Waals surface area contributed by atoms with Crippen LogP contribution in [0.25, 0.3) is 11.1 Å². The lowest BCUT2D eigenvalue weighted by Gasteiger charge is -2.23. The average Bonchev–Trinajstić information content (AvgIpc) is 2.61. The van der Waals surface area contributed by atoms with Crippen molar-refractivity contribution < 1.29 is 9.53 Å². The van der Waals surface area contributed by atoms with Crippen molar-refractivity contribution in [3.63, 3.8) is 0 Å². The molecule has 23 heavy (non-hydrogen) atoms. The lowest BCUT2D eigenvalue weighted by molar-refractivity contribution is -0.126. The quantitative estimate of drug-likeness (QED) is 0.906. The van der Waals surface area contributed by atoms with E-state index in [1.807, 2.05) is 48.5 Å². The summed E-state index contributed by atoms with van der Waals surface area (Å²) in [5.41, 5.74) is 3.25. The number of hydrogen-bond acceptors (Lipinski definition) is 3. The van der Waals surface area contributed by atoms with E-state index in [0.29, 0.717) is 31.3 Å². The van der Waals surface area contributed by atoms with Crippen molar-refractivity contribution in [1.82, 2.24) is 10.6 Å². The number of morpholine rings is 1. The second-order valence-corrected chi connectivity index (χ2v) is 5.90. The maximum Gasteiger partial charge on any atom is 0.239 e. The summed E-state index contributed by atoms with van der Waals surface area (Å²) in [5, 5.41) is 6.85. The van der Waals surface area contributed by atoms with Crippen molar-refractivity contribution in [1.29, 1.82) is 0 Å². The smallest absolute Gasteiger partial charge is 0.239 e. The van der Waals surface area contributed by atoms with Crippen LogP contribution in [0.4, 0.5) is 0 Å². The van der Waals surface area contributed by atoms with Gasteiger partial charge in [0.2, 0.25) is 5.91 Å². The fraction of sp³-hybridized carbons (Fsp3) is 0.278. The van der Waals surface area contributed by atoms with Crippen LogP contribution in [0.5, 0.6) is 0 Å². The van der Waals surface area contributed by atoms with Crippen molar-refractivity contribution in [3.05, 3.63) is 59.1 Å². The van der Waals surface area contributed by atoms with Gasteiger partial charge >= 0.3 is 0 Å². The molecule has 3 rings (SSSR count). The van der Waals surface area contributed by atoms with Gasteiger partial charge in [-0.05, 0) is 28.8 Å². The van der Waals surface area contributed by atoms with E-state index in [1.54, 1.807) is 0 Å². The van der Waals surface area contributed by atoms with E-state index in [4.69, 9.17) is 16.3 Å². The molecule has 5 heteroatoms. The summed E-state index contributed by atoms with van der Waals surface area (Å²) in [6.45, 7) is 2.27. The number of carbonyl (C=O) groups is 1. The van der Waals surface area contributed by atoms with Gasteiger partial charge in [-0.1, -0.05) is 48.0 Å². The first kappa shape index (κ1) is 16.0. The molecule has 0 saturated carbocycles. The maximum absolute atomic E-state index is 12.2. The van der Waals surface area contributed by atoms with Crippen LogP contribution in [0.15, 0.2) is 48.5 Å². The van der Waals surface area contributed by atoms with E-state index in [9.17, 15) is 4.79 Å². The van der Waals surface area contributed by atoms with Crippen LogP contribution in [-0.4, -0.2) is 31.7 Å². The molecular weight excluding hydrogens is 312 g/mol. The standard InChI is InChI=1S/C18H19ClN2O2/c19-15-7-5-13(6-8-15)16-4-2-1-3-14(16)11-21-18(22)17-12-23-10-9-20-17/h1-8,17,20H,9-12H2,(H,21,22). The molecule has 1 saturated heterocycles. The monoisotopic (exact) mass is 330 g/mol. The highest BCUT2D eigenvalue weighted by Crippen LogP contribution is 2.25. The minimum Gasteiger partial charge on any atom is -0.378 e. The number of rotatable bonds is 4. The average molecular weight is 331 g/mol. The summed E-state index contributed by atoms with van der Waals surface area (Å²) in [7, 11) is 0. The third-order valence-electron chi connectivity index (χ3n) is 3.86. The Kier molecular flexibility index (Phi) is 5.28. The van der Waals surface area contributed by atoms with Crippen LogP contribution in [0.3, 0.4) is 0 Å². The Bertz CT molecular complexity index is 667. The molecule has 1 amide bonds. The van der Waals surface area contributed by atoms with Gasteiger partial charge in [-0.15, -0.1) is 0 Å². The van der Waals surface area contributed by atoms with Crippen LogP contribution >= 0.6 is 11.6 Å². The predicted octanol–water partition coefficient (Wildman–Crippen LogP) is 2.61. The van der Waals surface area contributed by atoms with E-state index in [2.05, 4.69) is 10.6 Å². The second kappa shape index (κ2) is 7.59. The fourth-order valence-electron chi connectivity index (χ4n) is 2.62. The normalized spacial score (nSPS) is 17.7. The molecule has 0 radical (unpaired) electrons. The molecule has 1 heterocycles. The molecule has 4 nitrogen and oxygen atoms in total. The number of amides is 1. The second-order valence-electron chi connectivity index (χ2n) is 5.46. The van der Waals surface area contributed by atoms with Crippen LogP contribution in [-0.2, 0) is 16.1 Å². The molecule has 1 fully saturated rings. The molecule has 2 N–H and O–H groups in total. The summed E-state index contributed by atoms with van der Waals surface area (Å²) >= 11 is 5.95. The third-order valence-corrected chi connectivity index (χ3v) is 4.12. The van der Waals surface area contributed by atoms with Gasteiger partial charge in [0.05, 0.1) is 13.2 Å². The van der Waals surface area contributed by atoms with Gasteiger partial charge in [0.25, 0.3) is 0 Å². The molecule has 2 aromatic rings. The summed E-state index contributed by atoms with van der Waals surface area (Å²) in [4.78, 5) is 12.2. The lowest BCUT2D eigenvalue weighted by Crippen LogP contribution is -2.51. The van der Waals surface area contributed by atoms with Gasteiger partial charge in [0, 0.05) is 18.1 Å². The first-order chi connectivity index (χ1) is 11.2. The minimum atomic E-state index is -0.272. The Labute approximate surface area is 140 Å². The number of halogens is 1. The number of nitrogens with one attached hydrogen (secondary N) is 2. The topological polar surface area (TPSA) is 50.4 Å². The summed E-state index contributed by atoms with van der Waals surface area (Å²) < 4.78 is 5.32. The Morgan fingerprint density at radius 1 is 1.22 bits per heavy atom. The van der Waals surface area contributed by atoms with Crippen LogP contribution in [0.2, 0.25) is 5.02 Å². The zero-order valence-electron chi connectivity index (χ0n) is 12.7. The molecular formula is C18H19ClN2O2. The van der Waals surface area contributed by atoms with Crippen molar-refractivity contribution in [2.24, 2.45) is 0 Å². The van der Waals surface area contributed by atoms with Crippen molar-refractivity contribution in [3.8, 4) is 11.1 Å². The number of carbonyl (C=O) groups excluding carboxylic acids is 1. The van der Waals surface area contributed by atoms with Crippen LogP contribution in [0.1, 0.15) is 5.56 Å². The Hall–Kier alpha value is -1.88. The SMILES string of the molecule is O=C(NCc1ccccc1-c1ccc(Cl)cc1)C1COCCN1. The van der Waals surface area contributed by atoms with E-state index >= 15 is 0 Å². The molecule has 1 aliphatic rings. The van der Waals surface area contributed by atoms with Gasteiger partial charge in [-0.25, -0.2) is 0 Å². The molecule has 120 valence electrons. The molecule has 1 aliphatic heterocycles. The van der Waals surface area contributed by atoms with E-state index in [-0.39, 0.29) is 11.9 Å². The lowest BCUT2D eigenvalue weighted by atomic mass is 9.99. The third kappa shape index (κ3) is 4.10. The maximum atomic E-state index is 12.2. The van der Waals surface area contributed by atoms with Crippen molar-refractivity contribution in [2.45, 2.75) is 12.6 Å². The van der Waals surface area contributed by atoms with Gasteiger partial charge < -0.3 is 15.4 Å². The van der Waals surface area contributed by atoms with Gasteiger partial charge in [-0.2, -0.15) is 0 Å². The van der Waals surface area contributed by atoms with Crippen LogP contribution in [0, 0.1) is 0 Å². The Morgan fingerprint density at radius 2 is 2.00 bits per heavy atom. The Morgan fingerprint density at radius 3 is 2.74 bits per heavy atom. The summed E-state index contributed by atoms with van der Waals surface area (Å²) in [5.74, 6) is -0.0318. The highest BCUT2D eigenvalue weighted by Gasteiger charge is 2.20. The molecule has 1 atom stereocenters. The first-order valence-corrected chi connectivity index (χ1v) is 8.04. The molecule has 0 bridgehead atoms. The molecule has 0 aromatic heterocycles. The van der Waals surface area contributed by atoms with Gasteiger partial charge in [-0.3, -0.25) is 4.79 Å². The summed E-state index contributed by atoms with van der Waals surface area (Å²) in [6.07, 6.45) is 0. The van der Waals surface area contributed by atoms with E-state index in [0.717, 1.165) is 16.7 Å². The number of hydrogen-bond donors (Lipinski definition) is 2. The highest BCUT2D eigenvalue weighted by molar-refractivity contribution is 6.30. The largest absolute Gasteiger partial charge is 0.378 e. The van der Waals surface area contributed by atoms with Crippen molar-refractivity contribution in [2.75, 3.05) is 19.8 Å². The molecule has 1 unspecified atom stereocenters. The number of benzene rings is 2. The van der Waals surface area contributed by atoms with Crippen LogP contribution < -0.4 is 10.6 Å². The van der Waals surface area contributed by atoms with E-state index in [1.165, 1.54) is 0 Å². The van der Waals surface area contributed by atoms with Gasteiger partial charge in [0.15, 0.2) is 0 Å². The van der Waals surface area contributed by atoms with Gasteiger partial charge in [0.1, 0.15) is 6.04 Å². The minimum absolute atomic E-state index is 0.0318.